The molecule has 1 aliphatic rings. The van der Waals surface area contributed by atoms with E-state index in [1.165, 1.54) is 0 Å². The highest BCUT2D eigenvalue weighted by Crippen LogP contribution is 2.28. The van der Waals surface area contributed by atoms with Crippen molar-refractivity contribution in [3.05, 3.63) is 59.7 Å². The van der Waals surface area contributed by atoms with Gasteiger partial charge in [0.05, 0.1) is 19.8 Å². The molecule has 1 saturated heterocycles. The Morgan fingerprint density at radius 2 is 1.72 bits per heavy atom. The minimum absolute atomic E-state index is 0.0137. The van der Waals surface area contributed by atoms with Crippen molar-refractivity contribution in [2.75, 3.05) is 27.3 Å². The molecule has 0 aliphatic carbocycles. The van der Waals surface area contributed by atoms with Crippen LogP contribution in [0.15, 0.2) is 48.5 Å². The molecule has 4 heteroatoms. The third-order valence-electron chi connectivity index (χ3n) is 4.84. The van der Waals surface area contributed by atoms with E-state index in [1.807, 2.05) is 42.5 Å². The van der Waals surface area contributed by atoms with Crippen molar-refractivity contribution < 1.29 is 14.3 Å². The summed E-state index contributed by atoms with van der Waals surface area (Å²) in [4.78, 5) is 15.3. The fourth-order valence-electron chi connectivity index (χ4n) is 3.56. The van der Waals surface area contributed by atoms with Gasteiger partial charge >= 0.3 is 0 Å². The molecule has 0 bridgehead atoms. The van der Waals surface area contributed by atoms with Gasteiger partial charge in [-0.1, -0.05) is 30.3 Å². The van der Waals surface area contributed by atoms with Crippen LogP contribution >= 0.6 is 0 Å². The summed E-state index contributed by atoms with van der Waals surface area (Å²) < 4.78 is 10.8. The molecular weight excluding hydrogens is 314 g/mol. The zero-order chi connectivity index (χ0) is 17.6. The van der Waals surface area contributed by atoms with Crippen molar-refractivity contribution >= 4 is 5.78 Å². The third-order valence-corrected chi connectivity index (χ3v) is 4.84. The van der Waals surface area contributed by atoms with E-state index in [4.69, 9.17) is 9.47 Å². The van der Waals surface area contributed by atoms with Gasteiger partial charge in [-0.05, 0) is 37.6 Å². The standard InChI is InChI=1S/C21H25NO3/c1-24-19-11-5-3-8-16(19)14-22-13-7-9-17(15-22)21(23)18-10-4-6-12-20(18)25-2/h3-6,8,10-12,17H,7,9,13-15H2,1-2H3/t17-/m1/s1. The molecule has 1 heterocycles. The second kappa shape index (κ2) is 8.17. The summed E-state index contributed by atoms with van der Waals surface area (Å²) in [6.45, 7) is 2.59. The van der Waals surface area contributed by atoms with Gasteiger partial charge in [0.25, 0.3) is 0 Å². The molecule has 2 aromatic carbocycles. The molecule has 2 aromatic rings. The number of hydrogen-bond donors (Lipinski definition) is 0. The Labute approximate surface area is 149 Å². The smallest absolute Gasteiger partial charge is 0.170 e. The number of ketones is 1. The molecule has 132 valence electrons. The second-order valence-electron chi connectivity index (χ2n) is 6.45. The summed E-state index contributed by atoms with van der Waals surface area (Å²) in [5, 5.41) is 0. The predicted molar refractivity (Wildman–Crippen MR) is 98.3 cm³/mol. The van der Waals surface area contributed by atoms with Crippen LogP contribution in [-0.2, 0) is 6.54 Å². The Balaban J connectivity index is 1.71. The number of hydrogen-bond acceptors (Lipinski definition) is 4. The van der Waals surface area contributed by atoms with Crippen LogP contribution in [0, 0.1) is 5.92 Å². The summed E-state index contributed by atoms with van der Waals surface area (Å²) in [6, 6.07) is 15.6. The first-order valence-electron chi connectivity index (χ1n) is 8.74. The fraction of sp³-hybridized carbons (Fsp3) is 0.381. The Morgan fingerprint density at radius 1 is 1.04 bits per heavy atom. The van der Waals surface area contributed by atoms with Gasteiger partial charge in [0.15, 0.2) is 5.78 Å². The Kier molecular flexibility index (Phi) is 5.71. The van der Waals surface area contributed by atoms with Crippen molar-refractivity contribution in [3.8, 4) is 11.5 Å². The molecule has 0 saturated carbocycles. The van der Waals surface area contributed by atoms with Crippen LogP contribution in [-0.4, -0.2) is 38.0 Å². The zero-order valence-electron chi connectivity index (χ0n) is 14.9. The average molecular weight is 339 g/mol. The predicted octanol–water partition coefficient (Wildman–Crippen LogP) is 3.80. The lowest BCUT2D eigenvalue weighted by atomic mass is 9.89. The summed E-state index contributed by atoms with van der Waals surface area (Å²) in [6.07, 6.45) is 1.96. The lowest BCUT2D eigenvalue weighted by molar-refractivity contribution is 0.0808. The summed E-state index contributed by atoms with van der Waals surface area (Å²) >= 11 is 0. The van der Waals surface area contributed by atoms with E-state index in [0.29, 0.717) is 11.3 Å². The number of likely N-dealkylation sites (tertiary alicyclic amines) is 1. The van der Waals surface area contributed by atoms with Crippen LogP contribution < -0.4 is 9.47 Å². The SMILES string of the molecule is COc1ccccc1CN1CCC[C@@H](C(=O)c2ccccc2OC)C1. The van der Waals surface area contributed by atoms with E-state index < -0.39 is 0 Å². The number of carbonyl (C=O) groups excluding carboxylic acids is 1. The maximum absolute atomic E-state index is 13.0. The number of methoxy groups -OCH3 is 2. The molecule has 0 unspecified atom stereocenters. The van der Waals surface area contributed by atoms with Crippen LogP contribution in [0.3, 0.4) is 0 Å². The van der Waals surface area contributed by atoms with Crippen molar-refractivity contribution in [2.45, 2.75) is 19.4 Å². The first-order chi connectivity index (χ1) is 12.2. The minimum Gasteiger partial charge on any atom is -0.496 e. The van der Waals surface area contributed by atoms with Gasteiger partial charge in [-0.25, -0.2) is 0 Å². The van der Waals surface area contributed by atoms with E-state index in [0.717, 1.165) is 43.8 Å². The molecule has 0 aromatic heterocycles. The van der Waals surface area contributed by atoms with Crippen molar-refractivity contribution in [2.24, 2.45) is 5.92 Å². The molecule has 25 heavy (non-hydrogen) atoms. The average Bonchev–Trinajstić information content (AvgIpc) is 2.68. The highest BCUT2D eigenvalue weighted by atomic mass is 16.5. The molecule has 4 nitrogen and oxygen atoms in total. The molecular formula is C21H25NO3. The first-order valence-corrected chi connectivity index (χ1v) is 8.74. The fourth-order valence-corrected chi connectivity index (χ4v) is 3.56. The second-order valence-corrected chi connectivity index (χ2v) is 6.45. The molecule has 0 amide bonds. The van der Waals surface area contributed by atoms with Crippen molar-refractivity contribution in [1.82, 2.24) is 4.90 Å². The van der Waals surface area contributed by atoms with Gasteiger partial charge in [0, 0.05) is 24.6 Å². The molecule has 1 fully saturated rings. The minimum atomic E-state index is 0.0137. The quantitative estimate of drug-likeness (QED) is 0.751. The lowest BCUT2D eigenvalue weighted by Gasteiger charge is -2.32. The van der Waals surface area contributed by atoms with E-state index >= 15 is 0 Å². The number of ether oxygens (including phenoxy) is 2. The molecule has 1 atom stereocenters. The van der Waals surface area contributed by atoms with Crippen LogP contribution in [0.25, 0.3) is 0 Å². The number of piperidine rings is 1. The van der Waals surface area contributed by atoms with Crippen LogP contribution in [0.2, 0.25) is 0 Å². The summed E-state index contributed by atoms with van der Waals surface area (Å²) in [5.74, 6) is 1.76. The maximum Gasteiger partial charge on any atom is 0.170 e. The maximum atomic E-state index is 13.0. The number of para-hydroxylation sites is 2. The van der Waals surface area contributed by atoms with Crippen LogP contribution in [0.1, 0.15) is 28.8 Å². The van der Waals surface area contributed by atoms with Crippen molar-refractivity contribution in [1.29, 1.82) is 0 Å². The number of Topliss-reactive ketones (excluding diaryl/α,β-unsaturated/α-hetero) is 1. The summed E-state index contributed by atoms with van der Waals surface area (Å²) in [5.41, 5.74) is 1.85. The van der Waals surface area contributed by atoms with E-state index in [-0.39, 0.29) is 11.7 Å². The largest absolute Gasteiger partial charge is 0.496 e. The highest BCUT2D eigenvalue weighted by molar-refractivity contribution is 6.00. The van der Waals surface area contributed by atoms with E-state index in [1.54, 1.807) is 14.2 Å². The van der Waals surface area contributed by atoms with Gasteiger partial charge in [-0.15, -0.1) is 0 Å². The molecule has 1 aliphatic heterocycles. The Hall–Kier alpha value is -2.33. The molecule has 0 radical (unpaired) electrons. The first kappa shape index (κ1) is 17.5. The normalized spacial score (nSPS) is 17.9. The van der Waals surface area contributed by atoms with Gasteiger partial charge in [-0.3, -0.25) is 9.69 Å². The highest BCUT2D eigenvalue weighted by Gasteiger charge is 2.28. The van der Waals surface area contributed by atoms with Gasteiger partial charge in [-0.2, -0.15) is 0 Å². The van der Waals surface area contributed by atoms with Gasteiger partial charge in [0.2, 0.25) is 0 Å². The molecule has 0 spiro atoms. The molecule has 0 N–H and O–H groups in total. The zero-order valence-corrected chi connectivity index (χ0v) is 14.9. The Morgan fingerprint density at radius 3 is 2.48 bits per heavy atom. The topological polar surface area (TPSA) is 38.8 Å². The van der Waals surface area contributed by atoms with Gasteiger partial charge in [0.1, 0.15) is 11.5 Å². The number of rotatable bonds is 6. The molecule has 3 rings (SSSR count). The van der Waals surface area contributed by atoms with Gasteiger partial charge < -0.3 is 9.47 Å². The summed E-state index contributed by atoms with van der Waals surface area (Å²) in [7, 11) is 3.31. The lowest BCUT2D eigenvalue weighted by Crippen LogP contribution is -2.38. The monoisotopic (exact) mass is 339 g/mol. The van der Waals surface area contributed by atoms with Crippen LogP contribution in [0.5, 0.6) is 11.5 Å². The van der Waals surface area contributed by atoms with E-state index in [2.05, 4.69) is 11.0 Å². The number of benzene rings is 2. The Bertz CT molecular complexity index is 729. The number of nitrogens with zero attached hydrogens (tertiary/aromatic N) is 1. The van der Waals surface area contributed by atoms with E-state index in [9.17, 15) is 4.79 Å². The van der Waals surface area contributed by atoms with Crippen LogP contribution in [0.4, 0.5) is 0 Å². The number of carbonyl (C=O) groups is 1. The van der Waals surface area contributed by atoms with Crippen molar-refractivity contribution in [3.63, 3.8) is 0 Å². The third kappa shape index (κ3) is 4.02.